The number of aryl methyl sites for hydroxylation is 1. The number of carbonyl (C=O) groups is 1. The van der Waals surface area contributed by atoms with Gasteiger partial charge in [-0.1, -0.05) is 12.1 Å². The number of hydrogen-bond donors (Lipinski definition) is 0. The number of rotatable bonds is 6. The molecule has 7 nitrogen and oxygen atoms in total. The molecular weight excluding hydrogens is 414 g/mol. The van der Waals surface area contributed by atoms with Crippen molar-refractivity contribution in [2.24, 2.45) is 0 Å². The lowest BCUT2D eigenvalue weighted by atomic mass is 10.1. The maximum Gasteiger partial charge on any atom is 0.263 e. The Kier molecular flexibility index (Phi) is 6.79. The van der Waals surface area contributed by atoms with Crippen LogP contribution in [0.3, 0.4) is 0 Å². The SMILES string of the molecule is Cc1cccc(N2CCN(C(=O)C(C)Oc3ccc(N(C)S(C)(=O)=O)cc3)CC2)c1C. The lowest BCUT2D eigenvalue weighted by molar-refractivity contribution is -0.138. The van der Waals surface area contributed by atoms with Gasteiger partial charge in [-0.25, -0.2) is 8.42 Å². The molecule has 2 aromatic carbocycles. The Labute approximate surface area is 185 Å². The predicted octanol–water partition coefficient (Wildman–Crippen LogP) is 2.82. The molecule has 0 aromatic heterocycles. The second-order valence-corrected chi connectivity index (χ2v) is 10.0. The van der Waals surface area contributed by atoms with E-state index in [1.54, 1.807) is 31.2 Å². The molecule has 0 bridgehead atoms. The van der Waals surface area contributed by atoms with Crippen molar-refractivity contribution in [3.8, 4) is 5.75 Å². The quantitative estimate of drug-likeness (QED) is 0.684. The number of piperazine rings is 1. The number of benzene rings is 2. The zero-order valence-corrected chi connectivity index (χ0v) is 19.6. The molecule has 31 heavy (non-hydrogen) atoms. The van der Waals surface area contributed by atoms with Crippen LogP contribution in [-0.4, -0.2) is 64.8 Å². The van der Waals surface area contributed by atoms with Crippen molar-refractivity contribution in [3.05, 3.63) is 53.6 Å². The van der Waals surface area contributed by atoms with Crippen molar-refractivity contribution in [1.82, 2.24) is 4.90 Å². The monoisotopic (exact) mass is 445 g/mol. The van der Waals surface area contributed by atoms with Gasteiger partial charge in [-0.15, -0.1) is 0 Å². The summed E-state index contributed by atoms with van der Waals surface area (Å²) in [5.41, 5.74) is 4.32. The molecule has 1 fully saturated rings. The van der Waals surface area contributed by atoms with Crippen LogP contribution in [0.4, 0.5) is 11.4 Å². The van der Waals surface area contributed by atoms with Crippen molar-refractivity contribution in [3.63, 3.8) is 0 Å². The number of carbonyl (C=O) groups excluding carboxylic acids is 1. The van der Waals surface area contributed by atoms with Crippen LogP contribution >= 0.6 is 0 Å². The first kappa shape index (κ1) is 22.9. The highest BCUT2D eigenvalue weighted by Crippen LogP contribution is 2.25. The van der Waals surface area contributed by atoms with Crippen LogP contribution < -0.4 is 13.9 Å². The van der Waals surface area contributed by atoms with Crippen LogP contribution in [0.2, 0.25) is 0 Å². The predicted molar refractivity (Wildman–Crippen MR) is 124 cm³/mol. The summed E-state index contributed by atoms with van der Waals surface area (Å²) >= 11 is 0. The molecule has 1 aliphatic rings. The van der Waals surface area contributed by atoms with Crippen LogP contribution in [0.15, 0.2) is 42.5 Å². The van der Waals surface area contributed by atoms with Gasteiger partial charge in [0.05, 0.1) is 11.9 Å². The van der Waals surface area contributed by atoms with Crippen LogP contribution in [0, 0.1) is 13.8 Å². The molecule has 0 spiro atoms. The van der Waals surface area contributed by atoms with Gasteiger partial charge in [0.2, 0.25) is 10.0 Å². The number of sulfonamides is 1. The zero-order valence-electron chi connectivity index (χ0n) is 18.8. The van der Waals surface area contributed by atoms with Crippen molar-refractivity contribution in [1.29, 1.82) is 0 Å². The van der Waals surface area contributed by atoms with Crippen molar-refractivity contribution in [2.45, 2.75) is 26.9 Å². The number of ether oxygens (including phenoxy) is 1. The molecule has 168 valence electrons. The lowest BCUT2D eigenvalue weighted by Crippen LogP contribution is -2.52. The molecule has 1 amide bonds. The molecule has 8 heteroatoms. The van der Waals surface area contributed by atoms with Gasteiger partial charge in [-0.3, -0.25) is 9.10 Å². The van der Waals surface area contributed by atoms with Crippen LogP contribution in [-0.2, 0) is 14.8 Å². The van der Waals surface area contributed by atoms with Gasteiger partial charge >= 0.3 is 0 Å². The standard InChI is InChI=1S/C23H31N3O4S/c1-17-7-6-8-22(18(17)2)25-13-15-26(16-14-25)23(27)19(3)30-21-11-9-20(10-12-21)24(4)31(5,28)29/h6-12,19H,13-16H2,1-5H3. The minimum Gasteiger partial charge on any atom is -0.481 e. The Bertz CT molecular complexity index is 1030. The molecular formula is C23H31N3O4S. The van der Waals surface area contributed by atoms with E-state index in [9.17, 15) is 13.2 Å². The molecule has 2 aromatic rings. The summed E-state index contributed by atoms with van der Waals surface area (Å²) in [5, 5.41) is 0. The molecule has 0 saturated carbocycles. The van der Waals surface area contributed by atoms with Crippen molar-refractivity contribution < 1.29 is 17.9 Å². The van der Waals surface area contributed by atoms with E-state index < -0.39 is 16.1 Å². The first-order valence-corrected chi connectivity index (χ1v) is 12.2. The fraction of sp³-hybridized carbons (Fsp3) is 0.435. The lowest BCUT2D eigenvalue weighted by Gasteiger charge is -2.38. The largest absolute Gasteiger partial charge is 0.481 e. The first-order valence-electron chi connectivity index (χ1n) is 10.4. The third-order valence-corrected chi connectivity index (χ3v) is 7.07. The highest BCUT2D eigenvalue weighted by Gasteiger charge is 2.26. The molecule has 1 heterocycles. The molecule has 0 radical (unpaired) electrons. The summed E-state index contributed by atoms with van der Waals surface area (Å²) in [6.45, 7) is 8.87. The zero-order chi connectivity index (χ0) is 22.8. The molecule has 1 aliphatic heterocycles. The summed E-state index contributed by atoms with van der Waals surface area (Å²) < 4.78 is 30.3. The average Bonchev–Trinajstić information content (AvgIpc) is 2.74. The Morgan fingerprint density at radius 3 is 2.23 bits per heavy atom. The van der Waals surface area contributed by atoms with E-state index in [0.29, 0.717) is 24.5 Å². The second-order valence-electron chi connectivity index (χ2n) is 8.02. The topological polar surface area (TPSA) is 70.2 Å². The van der Waals surface area contributed by atoms with Gasteiger partial charge in [0.15, 0.2) is 6.10 Å². The van der Waals surface area contributed by atoms with E-state index in [0.717, 1.165) is 19.3 Å². The molecule has 0 aliphatic carbocycles. The number of anilines is 2. The fourth-order valence-corrected chi connectivity index (χ4v) is 4.19. The Morgan fingerprint density at radius 2 is 1.65 bits per heavy atom. The highest BCUT2D eigenvalue weighted by molar-refractivity contribution is 7.92. The maximum atomic E-state index is 12.9. The van der Waals surface area contributed by atoms with Crippen LogP contribution in [0.25, 0.3) is 0 Å². The number of nitrogens with zero attached hydrogens (tertiary/aromatic N) is 3. The summed E-state index contributed by atoms with van der Waals surface area (Å²) in [6.07, 6.45) is 0.531. The van der Waals surface area contributed by atoms with Crippen LogP contribution in [0.1, 0.15) is 18.1 Å². The van der Waals surface area contributed by atoms with Crippen molar-refractivity contribution in [2.75, 3.05) is 48.7 Å². The smallest absolute Gasteiger partial charge is 0.263 e. The second kappa shape index (κ2) is 9.18. The molecule has 0 N–H and O–H groups in total. The Balaban J connectivity index is 1.57. The normalized spacial score (nSPS) is 15.5. The van der Waals surface area contributed by atoms with Crippen LogP contribution in [0.5, 0.6) is 5.75 Å². The molecule has 3 rings (SSSR count). The molecule has 1 saturated heterocycles. The molecule has 1 atom stereocenters. The summed E-state index contributed by atoms with van der Waals surface area (Å²) in [4.78, 5) is 17.0. The van der Waals surface area contributed by atoms with E-state index in [2.05, 4.69) is 36.9 Å². The summed E-state index contributed by atoms with van der Waals surface area (Å²) in [6, 6.07) is 13.0. The minimum atomic E-state index is -3.32. The third-order valence-electron chi connectivity index (χ3n) is 5.87. The van der Waals surface area contributed by atoms with Crippen molar-refractivity contribution >= 4 is 27.3 Å². The van der Waals surface area contributed by atoms with E-state index >= 15 is 0 Å². The first-order chi connectivity index (χ1) is 14.6. The van der Waals surface area contributed by atoms with Gasteiger partial charge in [0.25, 0.3) is 5.91 Å². The van der Waals surface area contributed by atoms with Gasteiger partial charge < -0.3 is 14.5 Å². The van der Waals surface area contributed by atoms with Gasteiger partial charge in [0, 0.05) is 38.9 Å². The third kappa shape index (κ3) is 5.31. The van der Waals surface area contributed by atoms with E-state index in [1.165, 1.54) is 28.2 Å². The van der Waals surface area contributed by atoms with E-state index in [-0.39, 0.29) is 5.91 Å². The fourth-order valence-electron chi connectivity index (χ4n) is 3.68. The number of amides is 1. The minimum absolute atomic E-state index is 0.0436. The molecule has 1 unspecified atom stereocenters. The van der Waals surface area contributed by atoms with Gasteiger partial charge in [-0.2, -0.15) is 0 Å². The maximum absolute atomic E-state index is 12.9. The highest BCUT2D eigenvalue weighted by atomic mass is 32.2. The average molecular weight is 446 g/mol. The summed E-state index contributed by atoms with van der Waals surface area (Å²) in [5.74, 6) is 0.485. The Morgan fingerprint density at radius 1 is 1.03 bits per heavy atom. The van der Waals surface area contributed by atoms with E-state index in [1.807, 2.05) is 4.90 Å². The summed E-state index contributed by atoms with van der Waals surface area (Å²) in [7, 11) is -1.83. The van der Waals surface area contributed by atoms with E-state index in [4.69, 9.17) is 4.74 Å². The van der Waals surface area contributed by atoms with Gasteiger partial charge in [-0.05, 0) is 62.2 Å². The Hall–Kier alpha value is -2.74. The van der Waals surface area contributed by atoms with Gasteiger partial charge in [0.1, 0.15) is 5.75 Å². The number of hydrogen-bond acceptors (Lipinski definition) is 5.